The first-order valence-electron chi connectivity index (χ1n) is 11.9. The molecular weight excluding hydrogens is 432 g/mol. The number of hydrogen-bond donors (Lipinski definition) is 2. The number of aliphatic carboxylic acids is 1. The Morgan fingerprint density at radius 3 is 2.50 bits per heavy atom. The van der Waals surface area contributed by atoms with Crippen molar-refractivity contribution >= 4 is 5.97 Å². The summed E-state index contributed by atoms with van der Waals surface area (Å²) < 4.78 is 13.7. The van der Waals surface area contributed by atoms with Crippen LogP contribution in [-0.4, -0.2) is 45.3 Å². The summed E-state index contributed by atoms with van der Waals surface area (Å²) in [7, 11) is 0. The summed E-state index contributed by atoms with van der Waals surface area (Å²) in [4.78, 5) is 11.3. The van der Waals surface area contributed by atoms with E-state index in [1.165, 1.54) is 0 Å². The third-order valence-corrected chi connectivity index (χ3v) is 5.53. The summed E-state index contributed by atoms with van der Waals surface area (Å²) in [5.74, 6) is 0.504. The lowest BCUT2D eigenvalue weighted by atomic mass is 10.0. The molecule has 0 saturated heterocycles. The van der Waals surface area contributed by atoms with Gasteiger partial charge in [-0.1, -0.05) is 38.5 Å². The van der Waals surface area contributed by atoms with Gasteiger partial charge < -0.3 is 19.7 Å². The Hall–Kier alpha value is -3.32. The standard InChI is InChI=1S/C27H34N2O5/c1-4-7-14-34-26-13-12-19(16-27(31)32)15-22(26)23-17-24(29(28-23)18-20(30)5-2)21-10-8-9-11-25(21)33-6-3/h8-13,15,17,20,30H,4-7,14,16,18H2,1-3H3,(H,31,32). The van der Waals surface area contributed by atoms with Crippen LogP contribution in [0.1, 0.15) is 45.6 Å². The van der Waals surface area contributed by atoms with Gasteiger partial charge in [-0.3, -0.25) is 9.48 Å². The summed E-state index contributed by atoms with van der Waals surface area (Å²) >= 11 is 0. The van der Waals surface area contributed by atoms with Crippen molar-refractivity contribution in [3.05, 3.63) is 54.1 Å². The van der Waals surface area contributed by atoms with E-state index in [0.717, 1.165) is 35.4 Å². The van der Waals surface area contributed by atoms with Crippen molar-refractivity contribution in [1.82, 2.24) is 9.78 Å². The molecule has 1 atom stereocenters. The molecule has 0 aliphatic heterocycles. The van der Waals surface area contributed by atoms with Crippen LogP contribution < -0.4 is 9.47 Å². The van der Waals surface area contributed by atoms with Crippen LogP contribution in [0.3, 0.4) is 0 Å². The highest BCUT2D eigenvalue weighted by Crippen LogP contribution is 2.36. The molecule has 0 amide bonds. The number of carboxylic acids is 1. The van der Waals surface area contributed by atoms with Gasteiger partial charge >= 0.3 is 5.97 Å². The van der Waals surface area contributed by atoms with E-state index in [1.54, 1.807) is 10.7 Å². The fourth-order valence-corrected chi connectivity index (χ4v) is 3.71. The molecule has 0 aliphatic rings. The highest BCUT2D eigenvalue weighted by molar-refractivity contribution is 5.77. The molecule has 1 aromatic heterocycles. The zero-order chi connectivity index (χ0) is 24.5. The summed E-state index contributed by atoms with van der Waals surface area (Å²) in [5, 5.41) is 24.5. The van der Waals surface area contributed by atoms with Gasteiger partial charge in [0.15, 0.2) is 0 Å². The predicted octanol–water partition coefficient (Wildman–Crippen LogP) is 5.19. The van der Waals surface area contributed by atoms with Gasteiger partial charge in [0, 0.05) is 11.1 Å². The van der Waals surface area contributed by atoms with Crippen LogP contribution in [0.5, 0.6) is 11.5 Å². The van der Waals surface area contributed by atoms with E-state index in [-0.39, 0.29) is 6.42 Å². The van der Waals surface area contributed by atoms with E-state index >= 15 is 0 Å². The number of para-hydroxylation sites is 1. The minimum Gasteiger partial charge on any atom is -0.493 e. The largest absolute Gasteiger partial charge is 0.493 e. The SMILES string of the molecule is CCCCOc1ccc(CC(=O)O)cc1-c1cc(-c2ccccc2OCC)n(CC(O)CC)n1. The maximum Gasteiger partial charge on any atom is 0.307 e. The molecule has 2 aromatic carbocycles. The highest BCUT2D eigenvalue weighted by Gasteiger charge is 2.19. The van der Waals surface area contributed by atoms with E-state index in [0.29, 0.717) is 43.2 Å². The second kappa shape index (κ2) is 12.2. The molecule has 0 bridgehead atoms. The molecule has 34 heavy (non-hydrogen) atoms. The van der Waals surface area contributed by atoms with Gasteiger partial charge in [0.1, 0.15) is 11.5 Å². The number of ether oxygens (including phenoxy) is 2. The molecule has 1 unspecified atom stereocenters. The van der Waals surface area contributed by atoms with Crippen LogP contribution in [0.2, 0.25) is 0 Å². The molecule has 0 spiro atoms. The molecule has 1 heterocycles. The lowest BCUT2D eigenvalue weighted by Crippen LogP contribution is -2.16. The number of carbonyl (C=O) groups is 1. The van der Waals surface area contributed by atoms with Crippen LogP contribution in [0.15, 0.2) is 48.5 Å². The van der Waals surface area contributed by atoms with Crippen molar-refractivity contribution in [2.75, 3.05) is 13.2 Å². The Morgan fingerprint density at radius 2 is 1.79 bits per heavy atom. The molecule has 0 saturated carbocycles. The molecule has 7 heteroatoms. The van der Waals surface area contributed by atoms with Crippen LogP contribution in [-0.2, 0) is 17.8 Å². The van der Waals surface area contributed by atoms with Crippen molar-refractivity contribution < 1.29 is 24.5 Å². The van der Waals surface area contributed by atoms with Gasteiger partial charge in [0.05, 0.1) is 43.7 Å². The Kier molecular flexibility index (Phi) is 9.10. The van der Waals surface area contributed by atoms with Gasteiger partial charge in [-0.25, -0.2) is 0 Å². The summed E-state index contributed by atoms with van der Waals surface area (Å²) in [6.07, 6.45) is 1.89. The zero-order valence-electron chi connectivity index (χ0n) is 20.2. The molecule has 7 nitrogen and oxygen atoms in total. The van der Waals surface area contributed by atoms with Crippen LogP contribution >= 0.6 is 0 Å². The lowest BCUT2D eigenvalue weighted by Gasteiger charge is -2.14. The monoisotopic (exact) mass is 466 g/mol. The zero-order valence-corrected chi connectivity index (χ0v) is 20.2. The molecular formula is C27H34N2O5. The third-order valence-electron chi connectivity index (χ3n) is 5.53. The Morgan fingerprint density at radius 1 is 1.03 bits per heavy atom. The van der Waals surface area contributed by atoms with Crippen LogP contribution in [0.25, 0.3) is 22.5 Å². The number of unbranched alkanes of at least 4 members (excludes halogenated alkanes) is 1. The second-order valence-electron chi connectivity index (χ2n) is 8.19. The smallest absolute Gasteiger partial charge is 0.307 e. The number of rotatable bonds is 13. The number of aliphatic hydroxyl groups is 1. The first kappa shape index (κ1) is 25.3. The van der Waals surface area contributed by atoms with E-state index < -0.39 is 12.1 Å². The normalized spacial score (nSPS) is 11.9. The fraction of sp³-hybridized carbons (Fsp3) is 0.407. The lowest BCUT2D eigenvalue weighted by molar-refractivity contribution is -0.136. The number of carboxylic acid groups (broad SMARTS) is 1. The number of aliphatic hydroxyl groups excluding tert-OH is 1. The van der Waals surface area contributed by atoms with E-state index in [1.807, 2.05) is 56.3 Å². The van der Waals surface area contributed by atoms with Crippen molar-refractivity contribution in [3.8, 4) is 34.0 Å². The van der Waals surface area contributed by atoms with Crippen molar-refractivity contribution in [3.63, 3.8) is 0 Å². The van der Waals surface area contributed by atoms with E-state index in [2.05, 4.69) is 6.92 Å². The second-order valence-corrected chi connectivity index (χ2v) is 8.19. The summed E-state index contributed by atoms with van der Waals surface area (Å²) in [5.41, 5.74) is 3.75. The van der Waals surface area contributed by atoms with Crippen molar-refractivity contribution in [1.29, 1.82) is 0 Å². The Balaban J connectivity index is 2.13. The Labute approximate surface area is 201 Å². The van der Waals surface area contributed by atoms with Gasteiger partial charge in [-0.05, 0) is 55.7 Å². The van der Waals surface area contributed by atoms with Crippen LogP contribution in [0, 0.1) is 0 Å². The summed E-state index contributed by atoms with van der Waals surface area (Å²) in [6, 6.07) is 15.1. The van der Waals surface area contributed by atoms with Crippen molar-refractivity contribution in [2.45, 2.75) is 59.1 Å². The molecule has 0 radical (unpaired) electrons. The van der Waals surface area contributed by atoms with Gasteiger partial charge in [0.2, 0.25) is 0 Å². The topological polar surface area (TPSA) is 93.8 Å². The van der Waals surface area contributed by atoms with E-state index in [9.17, 15) is 15.0 Å². The van der Waals surface area contributed by atoms with Gasteiger partial charge in [-0.2, -0.15) is 5.10 Å². The number of benzene rings is 2. The fourth-order valence-electron chi connectivity index (χ4n) is 3.71. The first-order chi connectivity index (χ1) is 16.5. The van der Waals surface area contributed by atoms with Gasteiger partial charge in [0.25, 0.3) is 0 Å². The molecule has 2 N–H and O–H groups in total. The summed E-state index contributed by atoms with van der Waals surface area (Å²) in [6.45, 7) is 7.39. The Bertz CT molecular complexity index is 1090. The van der Waals surface area contributed by atoms with Crippen LogP contribution in [0.4, 0.5) is 0 Å². The van der Waals surface area contributed by atoms with Crippen molar-refractivity contribution in [2.24, 2.45) is 0 Å². The molecule has 0 aliphatic carbocycles. The maximum absolute atomic E-state index is 11.3. The number of aromatic nitrogens is 2. The molecule has 3 rings (SSSR count). The average Bonchev–Trinajstić information content (AvgIpc) is 3.23. The third kappa shape index (κ3) is 6.38. The minimum atomic E-state index is -0.895. The predicted molar refractivity (Wildman–Crippen MR) is 132 cm³/mol. The quantitative estimate of drug-likeness (QED) is 0.337. The number of nitrogens with zero attached hydrogens (tertiary/aromatic N) is 2. The maximum atomic E-state index is 11.3. The average molecular weight is 467 g/mol. The van der Waals surface area contributed by atoms with Gasteiger partial charge in [-0.15, -0.1) is 0 Å². The van der Waals surface area contributed by atoms with E-state index in [4.69, 9.17) is 14.6 Å². The number of hydrogen-bond acceptors (Lipinski definition) is 5. The molecule has 3 aromatic rings. The first-order valence-corrected chi connectivity index (χ1v) is 11.9. The highest BCUT2D eigenvalue weighted by atomic mass is 16.5. The molecule has 182 valence electrons. The molecule has 0 fully saturated rings. The minimum absolute atomic E-state index is 0.0858.